The molecule has 156 valence electrons. The van der Waals surface area contributed by atoms with Crippen LogP contribution in [0.15, 0.2) is 64.3 Å². The number of rotatable bonds is 6. The van der Waals surface area contributed by atoms with E-state index in [2.05, 4.69) is 10.4 Å². The molecule has 0 aliphatic heterocycles. The smallest absolute Gasteiger partial charge is 0.271 e. The summed E-state index contributed by atoms with van der Waals surface area (Å²) in [6.07, 6.45) is 0. The molecule has 2 aromatic carbocycles. The first kappa shape index (κ1) is 21.2. The number of aryl methyl sites for hydroxylation is 2. The second kappa shape index (κ2) is 8.47. The Morgan fingerprint density at radius 2 is 1.77 bits per heavy atom. The quantitative estimate of drug-likeness (QED) is 0.611. The van der Waals surface area contributed by atoms with Crippen LogP contribution in [0.4, 0.5) is 5.69 Å². The van der Waals surface area contributed by atoms with Gasteiger partial charge in [-0.25, -0.2) is 13.6 Å². The van der Waals surface area contributed by atoms with Crippen LogP contribution in [0, 0.1) is 13.8 Å². The lowest BCUT2D eigenvalue weighted by atomic mass is 10.1. The standard InChI is InChI=1S/C20H20N4O5S/c1-13-3-6-16(11-14(13)2)24-20(26)10-9-19(23-24)29-12-18(25)22-15-4-7-17(8-5-15)30(21,27)28/h3-11H,12H2,1-2H3,(H,22,25)(H2,21,27,28). The fraction of sp³-hybridized carbons (Fsp3) is 0.150. The van der Waals surface area contributed by atoms with Crippen molar-refractivity contribution in [3.05, 3.63) is 76.1 Å². The molecule has 10 heteroatoms. The summed E-state index contributed by atoms with van der Waals surface area (Å²) in [6.45, 7) is 3.55. The number of carbonyl (C=O) groups excluding carboxylic acids is 1. The fourth-order valence-corrected chi connectivity index (χ4v) is 3.09. The SMILES string of the molecule is Cc1ccc(-n2nc(OCC(=O)Nc3ccc(S(N)(=O)=O)cc3)ccc2=O)cc1C. The van der Waals surface area contributed by atoms with Crippen LogP contribution in [-0.2, 0) is 14.8 Å². The third-order valence-corrected chi connectivity index (χ3v) is 5.26. The van der Waals surface area contributed by atoms with Crippen LogP contribution in [0.5, 0.6) is 5.88 Å². The lowest BCUT2D eigenvalue weighted by molar-refractivity contribution is -0.118. The molecular formula is C20H20N4O5S. The summed E-state index contributed by atoms with van der Waals surface area (Å²) in [6, 6.07) is 13.6. The van der Waals surface area contributed by atoms with E-state index in [0.717, 1.165) is 11.1 Å². The summed E-state index contributed by atoms with van der Waals surface area (Å²) >= 11 is 0. The third kappa shape index (κ3) is 5.10. The maximum Gasteiger partial charge on any atom is 0.271 e. The number of nitrogens with one attached hydrogen (secondary N) is 1. The minimum absolute atomic E-state index is 0.0606. The largest absolute Gasteiger partial charge is 0.467 e. The zero-order valence-corrected chi connectivity index (χ0v) is 17.1. The van der Waals surface area contributed by atoms with Gasteiger partial charge in [-0.3, -0.25) is 9.59 Å². The van der Waals surface area contributed by atoms with E-state index in [1.165, 1.54) is 41.1 Å². The van der Waals surface area contributed by atoms with Gasteiger partial charge in [-0.2, -0.15) is 4.68 Å². The molecule has 0 saturated carbocycles. The first-order valence-electron chi connectivity index (χ1n) is 8.87. The van der Waals surface area contributed by atoms with Crippen molar-refractivity contribution in [2.45, 2.75) is 18.7 Å². The van der Waals surface area contributed by atoms with Crippen molar-refractivity contribution in [2.24, 2.45) is 5.14 Å². The normalized spacial score (nSPS) is 11.2. The number of aromatic nitrogens is 2. The van der Waals surface area contributed by atoms with E-state index < -0.39 is 15.9 Å². The number of anilines is 1. The average molecular weight is 428 g/mol. The third-order valence-electron chi connectivity index (χ3n) is 4.33. The summed E-state index contributed by atoms with van der Waals surface area (Å²) in [5, 5.41) is 11.8. The zero-order valence-electron chi connectivity index (χ0n) is 16.3. The summed E-state index contributed by atoms with van der Waals surface area (Å²) < 4.78 is 29.1. The molecule has 3 rings (SSSR count). The maximum absolute atomic E-state index is 12.2. The minimum Gasteiger partial charge on any atom is -0.467 e. The van der Waals surface area contributed by atoms with Gasteiger partial charge in [-0.1, -0.05) is 6.07 Å². The molecule has 0 unspecified atom stereocenters. The Kier molecular flexibility index (Phi) is 5.99. The molecule has 1 aromatic heterocycles. The summed E-state index contributed by atoms with van der Waals surface area (Å²) in [7, 11) is -3.80. The number of nitrogens with two attached hydrogens (primary N) is 1. The van der Waals surface area contributed by atoms with Gasteiger partial charge in [0, 0.05) is 17.8 Å². The van der Waals surface area contributed by atoms with Gasteiger partial charge in [0.1, 0.15) is 0 Å². The van der Waals surface area contributed by atoms with Gasteiger partial charge in [0.25, 0.3) is 11.5 Å². The number of hydrogen-bond acceptors (Lipinski definition) is 6. The Morgan fingerprint density at radius 3 is 2.40 bits per heavy atom. The van der Waals surface area contributed by atoms with Crippen molar-refractivity contribution in [2.75, 3.05) is 11.9 Å². The Bertz CT molecular complexity index is 1250. The Labute approximate surface area is 173 Å². The molecule has 0 bridgehead atoms. The Hall–Kier alpha value is -3.50. The number of nitrogens with zero attached hydrogens (tertiary/aromatic N) is 2. The molecule has 0 fully saturated rings. The van der Waals surface area contributed by atoms with Crippen molar-refractivity contribution >= 4 is 21.6 Å². The van der Waals surface area contributed by atoms with Crippen LogP contribution < -0.4 is 20.8 Å². The van der Waals surface area contributed by atoms with Crippen molar-refractivity contribution in [1.29, 1.82) is 0 Å². The van der Waals surface area contributed by atoms with Crippen molar-refractivity contribution in [3.8, 4) is 11.6 Å². The topological polar surface area (TPSA) is 133 Å². The van der Waals surface area contributed by atoms with Gasteiger partial charge in [0.15, 0.2) is 6.61 Å². The highest BCUT2D eigenvalue weighted by molar-refractivity contribution is 7.89. The number of sulfonamides is 1. The van der Waals surface area contributed by atoms with E-state index in [1.807, 2.05) is 26.0 Å². The van der Waals surface area contributed by atoms with E-state index in [9.17, 15) is 18.0 Å². The molecule has 0 radical (unpaired) electrons. The molecule has 0 atom stereocenters. The maximum atomic E-state index is 12.2. The van der Waals surface area contributed by atoms with E-state index in [-0.39, 0.29) is 22.9 Å². The fourth-order valence-electron chi connectivity index (χ4n) is 2.58. The molecule has 1 heterocycles. The van der Waals surface area contributed by atoms with Crippen LogP contribution in [0.2, 0.25) is 0 Å². The number of hydrogen-bond donors (Lipinski definition) is 2. The second-order valence-electron chi connectivity index (χ2n) is 6.60. The van der Waals surface area contributed by atoms with Crippen LogP contribution >= 0.6 is 0 Å². The van der Waals surface area contributed by atoms with Crippen LogP contribution in [0.1, 0.15) is 11.1 Å². The monoisotopic (exact) mass is 428 g/mol. The highest BCUT2D eigenvalue weighted by Crippen LogP contribution is 2.14. The molecule has 0 spiro atoms. The molecule has 3 N–H and O–H groups in total. The molecule has 0 aliphatic carbocycles. The molecular weight excluding hydrogens is 408 g/mol. The second-order valence-corrected chi connectivity index (χ2v) is 8.16. The highest BCUT2D eigenvalue weighted by Gasteiger charge is 2.10. The summed E-state index contributed by atoms with van der Waals surface area (Å²) in [5.74, 6) is -0.378. The molecule has 9 nitrogen and oxygen atoms in total. The highest BCUT2D eigenvalue weighted by atomic mass is 32.2. The van der Waals surface area contributed by atoms with E-state index in [1.54, 1.807) is 6.07 Å². The van der Waals surface area contributed by atoms with Crippen LogP contribution in [0.25, 0.3) is 5.69 Å². The molecule has 0 saturated heterocycles. The summed E-state index contributed by atoms with van der Waals surface area (Å²) in [4.78, 5) is 24.2. The lowest BCUT2D eigenvalue weighted by Gasteiger charge is -2.10. The summed E-state index contributed by atoms with van der Waals surface area (Å²) in [5.41, 5.74) is 2.75. The van der Waals surface area contributed by atoms with Gasteiger partial charge in [-0.05, 0) is 61.4 Å². The Balaban J connectivity index is 1.67. The van der Waals surface area contributed by atoms with Crippen molar-refractivity contribution in [1.82, 2.24) is 9.78 Å². The average Bonchev–Trinajstić information content (AvgIpc) is 2.69. The van der Waals surface area contributed by atoms with Gasteiger partial charge < -0.3 is 10.1 Å². The molecule has 0 aliphatic rings. The Morgan fingerprint density at radius 1 is 1.07 bits per heavy atom. The minimum atomic E-state index is -3.80. The predicted molar refractivity (Wildman–Crippen MR) is 111 cm³/mol. The van der Waals surface area contributed by atoms with Crippen molar-refractivity contribution < 1.29 is 17.9 Å². The van der Waals surface area contributed by atoms with Crippen molar-refractivity contribution in [3.63, 3.8) is 0 Å². The van der Waals surface area contributed by atoms with Crippen LogP contribution in [0.3, 0.4) is 0 Å². The van der Waals surface area contributed by atoms with E-state index in [4.69, 9.17) is 9.88 Å². The number of ether oxygens (including phenoxy) is 1. The first-order valence-corrected chi connectivity index (χ1v) is 10.4. The number of carbonyl (C=O) groups is 1. The number of primary sulfonamides is 1. The molecule has 1 amide bonds. The first-order chi connectivity index (χ1) is 14.1. The molecule has 3 aromatic rings. The molecule has 30 heavy (non-hydrogen) atoms. The number of benzene rings is 2. The van der Waals surface area contributed by atoms with Crippen LogP contribution in [-0.4, -0.2) is 30.7 Å². The number of amides is 1. The van der Waals surface area contributed by atoms with E-state index >= 15 is 0 Å². The zero-order chi connectivity index (χ0) is 21.9. The van der Waals surface area contributed by atoms with Gasteiger partial charge in [0.2, 0.25) is 15.9 Å². The lowest BCUT2D eigenvalue weighted by Crippen LogP contribution is -2.24. The van der Waals surface area contributed by atoms with Gasteiger partial charge in [0.05, 0.1) is 10.6 Å². The van der Waals surface area contributed by atoms with Gasteiger partial charge >= 0.3 is 0 Å². The van der Waals surface area contributed by atoms with Gasteiger partial charge in [-0.15, -0.1) is 5.10 Å². The van der Waals surface area contributed by atoms with E-state index in [0.29, 0.717) is 11.4 Å². The predicted octanol–water partition coefficient (Wildman–Crippen LogP) is 1.51.